The van der Waals surface area contributed by atoms with Crippen LogP contribution >= 0.6 is 11.3 Å². The molecule has 1 aliphatic heterocycles. The maximum atomic E-state index is 12.8. The molecule has 3 heterocycles. The number of nitrogens with zero attached hydrogens (tertiary/aromatic N) is 3. The number of anilines is 1. The van der Waals surface area contributed by atoms with Gasteiger partial charge in [-0.2, -0.15) is 0 Å². The fraction of sp³-hybridized carbons (Fsp3) is 0.263. The molecule has 7 nitrogen and oxygen atoms in total. The van der Waals surface area contributed by atoms with Crippen LogP contribution in [0.3, 0.4) is 0 Å². The minimum atomic E-state index is -0.340. The summed E-state index contributed by atoms with van der Waals surface area (Å²) in [5.41, 5.74) is 3.17. The van der Waals surface area contributed by atoms with Crippen LogP contribution in [0.5, 0.6) is 0 Å². The maximum Gasteiger partial charge on any atom is 0.410 e. The lowest BCUT2D eigenvalue weighted by atomic mass is 9.97. The number of hydrogen-bond donors (Lipinski definition) is 1. The molecule has 2 aromatic heterocycles. The number of aromatic nitrogens is 2. The lowest BCUT2D eigenvalue weighted by Crippen LogP contribution is -2.37. The van der Waals surface area contributed by atoms with E-state index in [9.17, 15) is 9.59 Å². The summed E-state index contributed by atoms with van der Waals surface area (Å²) in [6.45, 7) is 3.02. The van der Waals surface area contributed by atoms with Crippen molar-refractivity contribution in [3.05, 3.63) is 53.3 Å². The van der Waals surface area contributed by atoms with E-state index in [0.29, 0.717) is 36.8 Å². The van der Waals surface area contributed by atoms with Crippen LogP contribution in [-0.4, -0.2) is 40.0 Å². The standard InChI is InChI=1S/C19H18N4O3S/c1-2-26-19(25)23-8-7-13-12(11-23)9-20-10-14(13)17(24)22-18-21-15-5-3-4-6-16(15)27-18/h3-6,9-10H,2,7-8,11H2,1H3,(H,21,22,24). The highest BCUT2D eigenvalue weighted by atomic mass is 32.1. The molecule has 1 aromatic carbocycles. The van der Waals surface area contributed by atoms with Gasteiger partial charge in [0.25, 0.3) is 5.91 Å². The van der Waals surface area contributed by atoms with E-state index < -0.39 is 0 Å². The van der Waals surface area contributed by atoms with E-state index in [1.807, 2.05) is 24.3 Å². The molecule has 138 valence electrons. The minimum absolute atomic E-state index is 0.233. The van der Waals surface area contributed by atoms with Gasteiger partial charge < -0.3 is 9.64 Å². The van der Waals surface area contributed by atoms with Gasteiger partial charge in [-0.25, -0.2) is 9.78 Å². The molecule has 0 radical (unpaired) electrons. The molecule has 1 N–H and O–H groups in total. The zero-order chi connectivity index (χ0) is 18.8. The molecule has 0 unspecified atom stereocenters. The average Bonchev–Trinajstić information content (AvgIpc) is 3.09. The minimum Gasteiger partial charge on any atom is -0.450 e. The number of thiazole rings is 1. The van der Waals surface area contributed by atoms with Crippen molar-refractivity contribution in [2.75, 3.05) is 18.5 Å². The SMILES string of the molecule is CCOC(=O)N1CCc2c(cncc2C(=O)Nc2nc3ccccc3s2)C1. The Kier molecular flexibility index (Phi) is 4.72. The number of fused-ring (bicyclic) bond motifs is 2. The highest BCUT2D eigenvalue weighted by Crippen LogP contribution is 2.27. The molecular formula is C19H18N4O3S. The van der Waals surface area contributed by atoms with E-state index in [0.717, 1.165) is 21.3 Å². The second-order valence-corrected chi connectivity index (χ2v) is 7.17. The van der Waals surface area contributed by atoms with Gasteiger partial charge in [0.1, 0.15) is 0 Å². The topological polar surface area (TPSA) is 84.4 Å². The summed E-state index contributed by atoms with van der Waals surface area (Å²) in [6, 6.07) is 7.75. The first-order valence-electron chi connectivity index (χ1n) is 8.70. The number of hydrogen-bond acceptors (Lipinski definition) is 6. The fourth-order valence-electron chi connectivity index (χ4n) is 3.15. The number of carbonyl (C=O) groups excluding carboxylic acids is 2. The summed E-state index contributed by atoms with van der Waals surface area (Å²) in [5, 5.41) is 3.43. The maximum absolute atomic E-state index is 12.8. The van der Waals surface area contributed by atoms with Crippen molar-refractivity contribution < 1.29 is 14.3 Å². The fourth-order valence-corrected chi connectivity index (χ4v) is 4.01. The third kappa shape index (κ3) is 3.48. The molecule has 3 aromatic rings. The van der Waals surface area contributed by atoms with Gasteiger partial charge in [-0.05, 0) is 36.6 Å². The lowest BCUT2D eigenvalue weighted by molar-refractivity contribution is 0.101. The lowest BCUT2D eigenvalue weighted by Gasteiger charge is -2.28. The number of benzene rings is 1. The van der Waals surface area contributed by atoms with Crippen molar-refractivity contribution in [3.8, 4) is 0 Å². The van der Waals surface area contributed by atoms with Crippen molar-refractivity contribution in [2.45, 2.75) is 19.9 Å². The van der Waals surface area contributed by atoms with Crippen LogP contribution in [0.15, 0.2) is 36.7 Å². The predicted octanol–water partition coefficient (Wildman–Crippen LogP) is 3.46. The smallest absolute Gasteiger partial charge is 0.410 e. The van der Waals surface area contributed by atoms with E-state index in [2.05, 4.69) is 15.3 Å². The number of ether oxygens (including phenoxy) is 1. The Morgan fingerprint density at radius 1 is 1.30 bits per heavy atom. The Morgan fingerprint density at radius 2 is 2.15 bits per heavy atom. The summed E-state index contributed by atoms with van der Waals surface area (Å²) in [5.74, 6) is -0.233. The Bertz CT molecular complexity index is 984. The van der Waals surface area contributed by atoms with Crippen LogP contribution in [-0.2, 0) is 17.7 Å². The Balaban J connectivity index is 1.55. The summed E-state index contributed by atoms with van der Waals surface area (Å²) in [7, 11) is 0. The molecule has 4 rings (SSSR count). The Hall–Kier alpha value is -3.00. The molecule has 1 aliphatic rings. The average molecular weight is 382 g/mol. The first-order valence-corrected chi connectivity index (χ1v) is 9.51. The molecule has 0 fully saturated rings. The molecule has 0 aliphatic carbocycles. The molecule has 0 atom stereocenters. The highest BCUT2D eigenvalue weighted by molar-refractivity contribution is 7.22. The second-order valence-electron chi connectivity index (χ2n) is 6.14. The number of para-hydroxylation sites is 1. The molecule has 0 saturated heterocycles. The molecule has 0 saturated carbocycles. The van der Waals surface area contributed by atoms with E-state index in [4.69, 9.17) is 4.74 Å². The van der Waals surface area contributed by atoms with Gasteiger partial charge in [0.15, 0.2) is 5.13 Å². The van der Waals surface area contributed by atoms with Crippen LogP contribution in [0.2, 0.25) is 0 Å². The van der Waals surface area contributed by atoms with Gasteiger partial charge in [-0.15, -0.1) is 0 Å². The summed E-state index contributed by atoms with van der Waals surface area (Å²) in [6.07, 6.45) is 3.52. The third-order valence-corrected chi connectivity index (χ3v) is 5.38. The van der Waals surface area contributed by atoms with Crippen LogP contribution < -0.4 is 5.32 Å². The number of carbonyl (C=O) groups is 2. The monoisotopic (exact) mass is 382 g/mol. The van der Waals surface area contributed by atoms with Crippen LogP contribution in [0.1, 0.15) is 28.4 Å². The first kappa shape index (κ1) is 17.4. The summed E-state index contributed by atoms with van der Waals surface area (Å²) >= 11 is 1.43. The Labute approximate surface area is 160 Å². The van der Waals surface area contributed by atoms with Crippen molar-refractivity contribution in [2.24, 2.45) is 0 Å². The summed E-state index contributed by atoms with van der Waals surface area (Å²) < 4.78 is 6.08. The van der Waals surface area contributed by atoms with E-state index in [1.165, 1.54) is 11.3 Å². The van der Waals surface area contributed by atoms with E-state index in [1.54, 1.807) is 24.2 Å². The van der Waals surface area contributed by atoms with Gasteiger partial charge in [0.2, 0.25) is 0 Å². The zero-order valence-corrected chi connectivity index (χ0v) is 15.6. The van der Waals surface area contributed by atoms with Gasteiger partial charge in [0.05, 0.1) is 28.9 Å². The third-order valence-electron chi connectivity index (χ3n) is 4.42. The van der Waals surface area contributed by atoms with Gasteiger partial charge >= 0.3 is 6.09 Å². The normalized spacial score (nSPS) is 13.3. The number of nitrogens with one attached hydrogen (secondary N) is 1. The molecule has 0 bridgehead atoms. The van der Waals surface area contributed by atoms with Crippen LogP contribution in [0, 0.1) is 0 Å². The molecule has 27 heavy (non-hydrogen) atoms. The van der Waals surface area contributed by atoms with Gasteiger partial charge in [0, 0.05) is 18.9 Å². The van der Waals surface area contributed by atoms with Gasteiger partial charge in [-0.3, -0.25) is 15.1 Å². The molecule has 8 heteroatoms. The second kappa shape index (κ2) is 7.32. The van der Waals surface area contributed by atoms with Crippen LogP contribution in [0.4, 0.5) is 9.93 Å². The van der Waals surface area contributed by atoms with Crippen LogP contribution in [0.25, 0.3) is 10.2 Å². The van der Waals surface area contributed by atoms with E-state index >= 15 is 0 Å². The van der Waals surface area contributed by atoms with Gasteiger partial charge in [-0.1, -0.05) is 23.5 Å². The number of rotatable bonds is 3. The van der Waals surface area contributed by atoms with Crippen molar-refractivity contribution in [1.82, 2.24) is 14.9 Å². The first-order chi connectivity index (χ1) is 13.2. The molecule has 0 spiro atoms. The van der Waals surface area contributed by atoms with Crippen molar-refractivity contribution >= 4 is 38.7 Å². The van der Waals surface area contributed by atoms with Crippen molar-refractivity contribution in [1.29, 1.82) is 0 Å². The van der Waals surface area contributed by atoms with E-state index in [-0.39, 0.29) is 12.0 Å². The molecule has 2 amide bonds. The zero-order valence-electron chi connectivity index (χ0n) is 14.8. The number of pyridine rings is 1. The number of amides is 2. The van der Waals surface area contributed by atoms with Crippen molar-refractivity contribution in [3.63, 3.8) is 0 Å². The predicted molar refractivity (Wildman–Crippen MR) is 103 cm³/mol. The molecular weight excluding hydrogens is 364 g/mol. The Morgan fingerprint density at radius 3 is 2.96 bits per heavy atom. The summed E-state index contributed by atoms with van der Waals surface area (Å²) in [4.78, 5) is 35.0. The largest absolute Gasteiger partial charge is 0.450 e. The highest BCUT2D eigenvalue weighted by Gasteiger charge is 2.25. The quantitative estimate of drug-likeness (QED) is 0.750.